The van der Waals surface area contributed by atoms with Gasteiger partial charge in [-0.3, -0.25) is 0 Å². The molecule has 5 heteroatoms. The van der Waals surface area contributed by atoms with E-state index in [-0.39, 0.29) is 0 Å². The van der Waals surface area contributed by atoms with E-state index in [1.54, 1.807) is 29.8 Å². The Labute approximate surface area is 110 Å². The number of carboxylic acids is 1. The number of benzene rings is 1. The fraction of sp³-hybridized carbons (Fsp3) is 0.214. The molecule has 1 aromatic carbocycles. The van der Waals surface area contributed by atoms with Crippen molar-refractivity contribution in [3.8, 4) is 6.07 Å². The molecule has 1 heterocycles. The van der Waals surface area contributed by atoms with Crippen molar-refractivity contribution >= 4 is 5.97 Å². The molecule has 0 spiro atoms. The SMILES string of the molecule is CC(C(=O)O)n1cncc1Cc1ccc(C#N)cc1. The third kappa shape index (κ3) is 2.80. The van der Waals surface area contributed by atoms with Crippen molar-refractivity contribution in [3.63, 3.8) is 0 Å². The van der Waals surface area contributed by atoms with Gasteiger partial charge in [-0.1, -0.05) is 12.1 Å². The number of carbonyl (C=O) groups is 1. The summed E-state index contributed by atoms with van der Waals surface area (Å²) in [5.74, 6) is -0.890. The second kappa shape index (κ2) is 5.36. The van der Waals surface area contributed by atoms with Crippen molar-refractivity contribution in [3.05, 3.63) is 53.6 Å². The molecule has 0 aliphatic rings. The van der Waals surface area contributed by atoms with Gasteiger partial charge in [0.15, 0.2) is 0 Å². The van der Waals surface area contributed by atoms with E-state index < -0.39 is 12.0 Å². The number of carboxylic acid groups (broad SMARTS) is 1. The normalized spacial score (nSPS) is 11.8. The monoisotopic (exact) mass is 255 g/mol. The Morgan fingerprint density at radius 3 is 2.74 bits per heavy atom. The van der Waals surface area contributed by atoms with Crippen molar-refractivity contribution in [2.45, 2.75) is 19.4 Å². The fourth-order valence-electron chi connectivity index (χ4n) is 1.84. The summed E-state index contributed by atoms with van der Waals surface area (Å²) in [7, 11) is 0. The second-order valence-corrected chi connectivity index (χ2v) is 4.29. The maximum absolute atomic E-state index is 11.0. The van der Waals surface area contributed by atoms with E-state index in [1.807, 2.05) is 12.1 Å². The lowest BCUT2D eigenvalue weighted by Gasteiger charge is -2.12. The first kappa shape index (κ1) is 12.8. The highest BCUT2D eigenvalue weighted by atomic mass is 16.4. The number of aliphatic carboxylic acids is 1. The molecule has 0 radical (unpaired) electrons. The average molecular weight is 255 g/mol. The summed E-state index contributed by atoms with van der Waals surface area (Å²) in [5, 5.41) is 17.8. The number of aromatic nitrogens is 2. The van der Waals surface area contributed by atoms with Gasteiger partial charge in [-0.2, -0.15) is 5.26 Å². The minimum atomic E-state index is -0.890. The summed E-state index contributed by atoms with van der Waals surface area (Å²) >= 11 is 0. The summed E-state index contributed by atoms with van der Waals surface area (Å²) in [6.45, 7) is 1.62. The number of hydrogen-bond donors (Lipinski definition) is 1. The zero-order valence-electron chi connectivity index (χ0n) is 10.4. The van der Waals surface area contributed by atoms with E-state index in [0.717, 1.165) is 11.3 Å². The molecule has 0 saturated heterocycles. The van der Waals surface area contributed by atoms with Gasteiger partial charge in [0, 0.05) is 18.3 Å². The summed E-state index contributed by atoms with van der Waals surface area (Å²) in [6.07, 6.45) is 3.78. The van der Waals surface area contributed by atoms with Crippen LogP contribution in [-0.4, -0.2) is 20.6 Å². The molecule has 1 aromatic heterocycles. The molecule has 1 unspecified atom stereocenters. The molecule has 0 bridgehead atoms. The highest BCUT2D eigenvalue weighted by molar-refractivity contribution is 5.71. The van der Waals surface area contributed by atoms with Crippen LogP contribution >= 0.6 is 0 Å². The van der Waals surface area contributed by atoms with Crippen LogP contribution in [-0.2, 0) is 11.2 Å². The van der Waals surface area contributed by atoms with Crippen LogP contribution in [0.4, 0.5) is 0 Å². The summed E-state index contributed by atoms with van der Waals surface area (Å²) in [4.78, 5) is 15.0. The molecule has 2 rings (SSSR count). The van der Waals surface area contributed by atoms with Crippen LogP contribution in [0, 0.1) is 11.3 Å². The number of nitrogens with zero attached hydrogens (tertiary/aromatic N) is 3. The molecule has 0 amide bonds. The molecule has 19 heavy (non-hydrogen) atoms. The first-order chi connectivity index (χ1) is 9.11. The minimum absolute atomic E-state index is 0.587. The Bertz CT molecular complexity index is 623. The molecule has 0 saturated carbocycles. The van der Waals surface area contributed by atoms with Crippen molar-refractivity contribution in [1.29, 1.82) is 5.26 Å². The van der Waals surface area contributed by atoms with Crippen LogP contribution in [0.2, 0.25) is 0 Å². The molecule has 5 nitrogen and oxygen atoms in total. The van der Waals surface area contributed by atoms with Gasteiger partial charge in [-0.15, -0.1) is 0 Å². The van der Waals surface area contributed by atoms with Crippen molar-refractivity contribution in [2.24, 2.45) is 0 Å². The zero-order chi connectivity index (χ0) is 13.8. The second-order valence-electron chi connectivity index (χ2n) is 4.29. The first-order valence-corrected chi connectivity index (χ1v) is 5.84. The van der Waals surface area contributed by atoms with Crippen molar-refractivity contribution in [2.75, 3.05) is 0 Å². The van der Waals surface area contributed by atoms with Crippen LogP contribution in [0.25, 0.3) is 0 Å². The van der Waals surface area contributed by atoms with Gasteiger partial charge in [-0.05, 0) is 24.6 Å². The molecular weight excluding hydrogens is 242 g/mol. The molecule has 1 N–H and O–H groups in total. The van der Waals surface area contributed by atoms with E-state index in [9.17, 15) is 4.79 Å². The van der Waals surface area contributed by atoms with Gasteiger partial charge in [0.05, 0.1) is 18.0 Å². The summed E-state index contributed by atoms with van der Waals surface area (Å²) in [6, 6.07) is 8.64. The predicted octanol–water partition coefficient (Wildman–Crippen LogP) is 1.99. The maximum atomic E-state index is 11.0. The smallest absolute Gasteiger partial charge is 0.326 e. The van der Waals surface area contributed by atoms with Gasteiger partial charge in [0.1, 0.15) is 6.04 Å². The van der Waals surface area contributed by atoms with Crippen molar-refractivity contribution < 1.29 is 9.90 Å². The average Bonchev–Trinajstić information content (AvgIpc) is 2.86. The molecule has 0 fully saturated rings. The lowest BCUT2D eigenvalue weighted by molar-refractivity contribution is -0.140. The molecule has 0 aliphatic heterocycles. The molecule has 96 valence electrons. The largest absolute Gasteiger partial charge is 0.480 e. The zero-order valence-corrected chi connectivity index (χ0v) is 10.4. The Kier molecular flexibility index (Phi) is 3.62. The molecular formula is C14H13N3O2. The Hall–Kier alpha value is -2.61. The fourth-order valence-corrected chi connectivity index (χ4v) is 1.84. The van der Waals surface area contributed by atoms with Gasteiger partial charge in [0.2, 0.25) is 0 Å². The Morgan fingerprint density at radius 1 is 1.47 bits per heavy atom. The minimum Gasteiger partial charge on any atom is -0.480 e. The highest BCUT2D eigenvalue weighted by Crippen LogP contribution is 2.15. The summed E-state index contributed by atoms with van der Waals surface area (Å²) < 4.78 is 1.64. The van der Waals surface area contributed by atoms with E-state index >= 15 is 0 Å². The van der Waals surface area contributed by atoms with Gasteiger partial charge in [-0.25, -0.2) is 9.78 Å². The van der Waals surface area contributed by atoms with Gasteiger partial charge in [0.25, 0.3) is 0 Å². The number of nitriles is 1. The lowest BCUT2D eigenvalue weighted by atomic mass is 10.1. The van der Waals surface area contributed by atoms with Crippen LogP contribution < -0.4 is 0 Å². The van der Waals surface area contributed by atoms with Gasteiger partial charge < -0.3 is 9.67 Å². The van der Waals surface area contributed by atoms with E-state index in [0.29, 0.717) is 12.0 Å². The van der Waals surface area contributed by atoms with E-state index in [2.05, 4.69) is 11.1 Å². The molecule has 1 atom stereocenters. The Balaban J connectivity index is 2.22. The van der Waals surface area contributed by atoms with Crippen LogP contribution in [0.15, 0.2) is 36.8 Å². The van der Waals surface area contributed by atoms with Crippen LogP contribution in [0.5, 0.6) is 0 Å². The number of hydrogen-bond acceptors (Lipinski definition) is 3. The van der Waals surface area contributed by atoms with Crippen LogP contribution in [0.1, 0.15) is 29.8 Å². The summed E-state index contributed by atoms with van der Waals surface area (Å²) in [5.41, 5.74) is 2.45. The lowest BCUT2D eigenvalue weighted by Crippen LogP contribution is -2.17. The quantitative estimate of drug-likeness (QED) is 0.906. The maximum Gasteiger partial charge on any atom is 0.326 e. The molecule has 0 aliphatic carbocycles. The van der Waals surface area contributed by atoms with E-state index in [4.69, 9.17) is 10.4 Å². The predicted molar refractivity (Wildman–Crippen MR) is 68.5 cm³/mol. The van der Waals surface area contributed by atoms with Gasteiger partial charge >= 0.3 is 5.97 Å². The molecule has 2 aromatic rings. The van der Waals surface area contributed by atoms with Crippen molar-refractivity contribution in [1.82, 2.24) is 9.55 Å². The van der Waals surface area contributed by atoms with E-state index in [1.165, 1.54) is 6.33 Å². The topological polar surface area (TPSA) is 78.9 Å². The van der Waals surface area contributed by atoms with Crippen LogP contribution in [0.3, 0.4) is 0 Å². The highest BCUT2D eigenvalue weighted by Gasteiger charge is 2.16. The number of imidazole rings is 1. The number of rotatable bonds is 4. The first-order valence-electron chi connectivity index (χ1n) is 5.84. The standard InChI is InChI=1S/C14H13N3O2/c1-10(14(18)19)17-9-16-8-13(17)6-11-2-4-12(7-15)5-3-11/h2-5,8-10H,6H2,1H3,(H,18,19). The third-order valence-electron chi connectivity index (χ3n) is 2.99. The Morgan fingerprint density at radius 2 is 2.16 bits per heavy atom. The third-order valence-corrected chi connectivity index (χ3v) is 2.99.